The minimum atomic E-state index is -0.484. The predicted octanol–water partition coefficient (Wildman–Crippen LogP) is 1.62. The summed E-state index contributed by atoms with van der Waals surface area (Å²) in [6.45, 7) is 5.90. The second-order valence-electron chi connectivity index (χ2n) is 5.46. The van der Waals surface area contributed by atoms with Gasteiger partial charge in [0.2, 0.25) is 5.91 Å². The number of nitrogen functional groups attached to an aromatic ring is 1. The summed E-state index contributed by atoms with van der Waals surface area (Å²) in [6, 6.07) is 4.37. The summed E-state index contributed by atoms with van der Waals surface area (Å²) in [4.78, 5) is 16.2. The van der Waals surface area contributed by atoms with E-state index in [0.717, 1.165) is 13.1 Å². The molecule has 1 atom stereocenters. The van der Waals surface area contributed by atoms with Crippen molar-refractivity contribution >= 4 is 17.3 Å². The van der Waals surface area contributed by atoms with Crippen molar-refractivity contribution in [1.29, 1.82) is 0 Å². The molecular weight excluding hydrogens is 271 g/mol. The Morgan fingerprint density at radius 3 is 2.67 bits per heavy atom. The highest BCUT2D eigenvalue weighted by Gasteiger charge is 2.17. The van der Waals surface area contributed by atoms with Crippen LogP contribution in [-0.2, 0) is 4.79 Å². The van der Waals surface area contributed by atoms with E-state index in [1.165, 1.54) is 18.2 Å². The molecule has 0 aliphatic heterocycles. The Hall–Kier alpha value is -1.66. The van der Waals surface area contributed by atoms with Crippen LogP contribution < -0.4 is 11.1 Å². The summed E-state index contributed by atoms with van der Waals surface area (Å²) < 4.78 is 13.6. The number of amides is 1. The molecule has 1 aromatic carbocycles. The quantitative estimate of drug-likeness (QED) is 0.751. The van der Waals surface area contributed by atoms with Crippen LogP contribution in [0.1, 0.15) is 13.8 Å². The lowest BCUT2D eigenvalue weighted by Crippen LogP contribution is -2.44. The first-order chi connectivity index (χ1) is 9.83. The molecule has 1 aromatic rings. The average molecular weight is 296 g/mol. The van der Waals surface area contributed by atoms with E-state index in [-0.39, 0.29) is 24.2 Å². The van der Waals surface area contributed by atoms with Crippen molar-refractivity contribution in [2.24, 2.45) is 0 Å². The summed E-state index contributed by atoms with van der Waals surface area (Å²) >= 11 is 0. The number of likely N-dealkylation sites (N-methyl/N-ethyl adjacent to an activating group) is 2. The Morgan fingerprint density at radius 2 is 2.10 bits per heavy atom. The molecule has 1 rings (SSSR count). The molecule has 0 saturated carbocycles. The number of carbonyl (C=O) groups excluding carboxylic acids is 1. The SMILES string of the molecule is CCN(CC(=O)Nc1cc(N)ccc1F)C(C)CN(C)C. The van der Waals surface area contributed by atoms with Gasteiger partial charge in [0.25, 0.3) is 0 Å². The minimum Gasteiger partial charge on any atom is -0.399 e. The molecule has 0 spiro atoms. The number of carbonyl (C=O) groups is 1. The van der Waals surface area contributed by atoms with Crippen molar-refractivity contribution < 1.29 is 9.18 Å². The third-order valence-corrected chi connectivity index (χ3v) is 3.27. The molecular formula is C15H25FN4O. The normalized spacial score (nSPS) is 12.7. The lowest BCUT2D eigenvalue weighted by molar-refractivity contribution is -0.117. The third kappa shape index (κ3) is 5.69. The highest BCUT2D eigenvalue weighted by atomic mass is 19.1. The molecule has 0 saturated heterocycles. The van der Waals surface area contributed by atoms with Gasteiger partial charge in [-0.1, -0.05) is 6.92 Å². The van der Waals surface area contributed by atoms with Crippen LogP contribution in [0.5, 0.6) is 0 Å². The van der Waals surface area contributed by atoms with Crippen LogP contribution in [0.25, 0.3) is 0 Å². The van der Waals surface area contributed by atoms with Crippen LogP contribution in [0.3, 0.4) is 0 Å². The van der Waals surface area contributed by atoms with Crippen LogP contribution >= 0.6 is 0 Å². The zero-order chi connectivity index (χ0) is 16.0. The maximum atomic E-state index is 13.6. The zero-order valence-corrected chi connectivity index (χ0v) is 13.2. The molecule has 0 aliphatic carbocycles. The van der Waals surface area contributed by atoms with Gasteiger partial charge in [-0.2, -0.15) is 0 Å². The van der Waals surface area contributed by atoms with E-state index in [2.05, 4.69) is 17.1 Å². The molecule has 21 heavy (non-hydrogen) atoms. The van der Waals surface area contributed by atoms with Gasteiger partial charge in [-0.05, 0) is 45.8 Å². The first kappa shape index (κ1) is 17.4. The molecule has 0 aromatic heterocycles. The molecule has 118 valence electrons. The molecule has 0 fully saturated rings. The number of nitrogens with one attached hydrogen (secondary N) is 1. The Balaban J connectivity index is 2.64. The molecule has 0 bridgehead atoms. The van der Waals surface area contributed by atoms with Crippen molar-refractivity contribution in [3.63, 3.8) is 0 Å². The molecule has 3 N–H and O–H groups in total. The van der Waals surface area contributed by atoms with Gasteiger partial charge >= 0.3 is 0 Å². The van der Waals surface area contributed by atoms with Crippen molar-refractivity contribution in [2.45, 2.75) is 19.9 Å². The van der Waals surface area contributed by atoms with Gasteiger partial charge in [-0.25, -0.2) is 4.39 Å². The van der Waals surface area contributed by atoms with Gasteiger partial charge in [0, 0.05) is 18.3 Å². The second kappa shape index (κ2) is 7.95. The summed E-state index contributed by atoms with van der Waals surface area (Å²) in [5.41, 5.74) is 6.14. The van der Waals surface area contributed by atoms with Crippen LogP contribution in [0.4, 0.5) is 15.8 Å². The fraction of sp³-hybridized carbons (Fsp3) is 0.533. The molecule has 0 aliphatic rings. The van der Waals surface area contributed by atoms with E-state index in [1.54, 1.807) is 0 Å². The van der Waals surface area contributed by atoms with E-state index in [4.69, 9.17) is 5.73 Å². The Kier molecular flexibility index (Phi) is 6.58. The van der Waals surface area contributed by atoms with Crippen molar-refractivity contribution in [3.05, 3.63) is 24.0 Å². The number of benzene rings is 1. The van der Waals surface area contributed by atoms with Gasteiger partial charge < -0.3 is 16.0 Å². The van der Waals surface area contributed by atoms with E-state index >= 15 is 0 Å². The highest BCUT2D eigenvalue weighted by molar-refractivity contribution is 5.92. The van der Waals surface area contributed by atoms with E-state index in [0.29, 0.717) is 5.69 Å². The molecule has 1 amide bonds. The van der Waals surface area contributed by atoms with Gasteiger partial charge in [0.1, 0.15) is 5.82 Å². The van der Waals surface area contributed by atoms with Crippen LogP contribution in [0.2, 0.25) is 0 Å². The fourth-order valence-electron chi connectivity index (χ4n) is 2.24. The third-order valence-electron chi connectivity index (χ3n) is 3.27. The average Bonchev–Trinajstić information content (AvgIpc) is 2.39. The van der Waals surface area contributed by atoms with Gasteiger partial charge in [0.05, 0.1) is 12.2 Å². The lowest BCUT2D eigenvalue weighted by Gasteiger charge is -2.29. The highest BCUT2D eigenvalue weighted by Crippen LogP contribution is 2.17. The molecule has 5 nitrogen and oxygen atoms in total. The summed E-state index contributed by atoms with van der Waals surface area (Å²) in [7, 11) is 3.99. The molecule has 0 radical (unpaired) electrons. The van der Waals surface area contributed by atoms with Crippen molar-refractivity contribution in [2.75, 3.05) is 44.8 Å². The smallest absolute Gasteiger partial charge is 0.238 e. The minimum absolute atomic E-state index is 0.122. The van der Waals surface area contributed by atoms with Crippen LogP contribution in [0.15, 0.2) is 18.2 Å². The van der Waals surface area contributed by atoms with Gasteiger partial charge in [-0.15, -0.1) is 0 Å². The van der Waals surface area contributed by atoms with Crippen LogP contribution in [0, 0.1) is 5.82 Å². The number of hydrogen-bond acceptors (Lipinski definition) is 4. The summed E-state index contributed by atoms with van der Waals surface area (Å²) in [5.74, 6) is -0.728. The summed E-state index contributed by atoms with van der Waals surface area (Å²) in [6.07, 6.45) is 0. The van der Waals surface area contributed by atoms with Crippen molar-refractivity contribution in [1.82, 2.24) is 9.80 Å². The van der Waals surface area contributed by atoms with Gasteiger partial charge in [0.15, 0.2) is 0 Å². The first-order valence-electron chi connectivity index (χ1n) is 7.07. The summed E-state index contributed by atoms with van der Waals surface area (Å²) in [5, 5.41) is 2.57. The van der Waals surface area contributed by atoms with Crippen LogP contribution in [-0.4, -0.2) is 55.5 Å². The topological polar surface area (TPSA) is 61.6 Å². The first-order valence-corrected chi connectivity index (χ1v) is 7.07. The van der Waals surface area contributed by atoms with E-state index in [9.17, 15) is 9.18 Å². The maximum Gasteiger partial charge on any atom is 0.238 e. The molecule has 0 heterocycles. The van der Waals surface area contributed by atoms with Gasteiger partial charge in [-0.3, -0.25) is 9.69 Å². The molecule has 6 heteroatoms. The largest absolute Gasteiger partial charge is 0.399 e. The predicted molar refractivity (Wildman–Crippen MR) is 84.7 cm³/mol. The van der Waals surface area contributed by atoms with E-state index < -0.39 is 5.82 Å². The number of rotatable bonds is 7. The lowest BCUT2D eigenvalue weighted by atomic mass is 10.2. The standard InChI is InChI=1S/C15H25FN4O/c1-5-20(11(2)9-19(3)4)10-15(21)18-14-8-12(17)6-7-13(14)16/h6-8,11H,5,9-10,17H2,1-4H3,(H,18,21). The zero-order valence-electron chi connectivity index (χ0n) is 13.2. The Morgan fingerprint density at radius 1 is 1.43 bits per heavy atom. The number of halogens is 1. The number of nitrogens with two attached hydrogens (primary N) is 1. The number of hydrogen-bond donors (Lipinski definition) is 2. The van der Waals surface area contributed by atoms with E-state index in [1.807, 2.05) is 25.9 Å². The number of nitrogens with zero attached hydrogens (tertiary/aromatic N) is 2. The Labute approximate surface area is 125 Å². The monoisotopic (exact) mass is 296 g/mol. The molecule has 1 unspecified atom stereocenters. The maximum absolute atomic E-state index is 13.6. The number of anilines is 2. The Bertz CT molecular complexity index is 479. The fourth-order valence-corrected chi connectivity index (χ4v) is 2.24. The second-order valence-corrected chi connectivity index (χ2v) is 5.46. The van der Waals surface area contributed by atoms with Crippen molar-refractivity contribution in [3.8, 4) is 0 Å².